The number of anilines is 1. The molecule has 3 aromatic carbocycles. The highest BCUT2D eigenvalue weighted by molar-refractivity contribution is 7.92. The fraction of sp³-hybridized carbons (Fsp3) is 0.269. The van der Waals surface area contributed by atoms with Crippen LogP contribution in [0, 0.1) is 5.82 Å². The van der Waals surface area contributed by atoms with Crippen molar-refractivity contribution in [2.45, 2.75) is 23.8 Å². The van der Waals surface area contributed by atoms with Crippen LogP contribution in [0.4, 0.5) is 10.1 Å². The number of benzene rings is 3. The standard InChI is InChI=1S/C26H27FN4O4S/c1-34-21-8-9-24(27)26(14-21)36(32,33)31-20-5-2-17(3-6-20)19-12-18(23-16-29-30-25(23)13-19)4-7-22-15-28-10-11-35-22/h2-3,5-6,8-9,12-14,16,22,28,31H,4,7,10-11,15H2,1H3,(H,29,30). The normalized spacial score (nSPS) is 16.2. The van der Waals surface area contributed by atoms with Crippen molar-refractivity contribution in [2.75, 3.05) is 31.5 Å². The van der Waals surface area contributed by atoms with E-state index in [9.17, 15) is 12.8 Å². The summed E-state index contributed by atoms with van der Waals surface area (Å²) in [6.45, 7) is 2.47. The molecular weight excluding hydrogens is 483 g/mol. The monoisotopic (exact) mass is 510 g/mol. The Kier molecular flexibility index (Phi) is 6.90. The minimum atomic E-state index is -4.14. The molecule has 0 aliphatic carbocycles. The Morgan fingerprint density at radius 3 is 2.72 bits per heavy atom. The molecular formula is C26H27FN4O4S. The Bertz CT molecular complexity index is 1470. The smallest absolute Gasteiger partial charge is 0.264 e. The highest BCUT2D eigenvalue weighted by Gasteiger charge is 2.20. The summed E-state index contributed by atoms with van der Waals surface area (Å²) < 4.78 is 53.1. The van der Waals surface area contributed by atoms with Crippen LogP contribution < -0.4 is 14.8 Å². The third-order valence-electron chi connectivity index (χ3n) is 6.28. The number of sulfonamides is 1. The molecule has 1 aliphatic heterocycles. The van der Waals surface area contributed by atoms with Gasteiger partial charge in [0.1, 0.15) is 16.5 Å². The number of aromatic amines is 1. The van der Waals surface area contributed by atoms with Crippen LogP contribution in [0.15, 0.2) is 65.7 Å². The van der Waals surface area contributed by atoms with Gasteiger partial charge in [0.05, 0.1) is 31.5 Å². The minimum Gasteiger partial charge on any atom is -0.497 e. The molecule has 1 saturated heterocycles. The van der Waals surface area contributed by atoms with Crippen molar-refractivity contribution in [2.24, 2.45) is 0 Å². The van der Waals surface area contributed by atoms with Gasteiger partial charge in [-0.25, -0.2) is 12.8 Å². The number of aromatic nitrogens is 2. The fourth-order valence-corrected chi connectivity index (χ4v) is 5.53. The van der Waals surface area contributed by atoms with Crippen molar-refractivity contribution in [1.29, 1.82) is 0 Å². The first-order valence-corrected chi connectivity index (χ1v) is 13.2. The summed E-state index contributed by atoms with van der Waals surface area (Å²) in [5.74, 6) is -0.599. The molecule has 1 unspecified atom stereocenters. The number of H-pyrrole nitrogens is 1. The number of methoxy groups -OCH3 is 1. The molecule has 8 nitrogen and oxygen atoms in total. The van der Waals surface area contributed by atoms with Crippen LogP contribution in [0.3, 0.4) is 0 Å². The van der Waals surface area contributed by atoms with E-state index in [1.165, 1.54) is 18.7 Å². The molecule has 0 spiro atoms. The molecule has 0 bridgehead atoms. The SMILES string of the molecule is COc1ccc(F)c(S(=O)(=O)Nc2ccc(-c3cc(CCC4CNCCO4)c4cn[nH]c4c3)cc2)c1. The molecule has 0 radical (unpaired) electrons. The number of nitrogens with one attached hydrogen (secondary N) is 3. The lowest BCUT2D eigenvalue weighted by molar-refractivity contribution is 0.0239. The van der Waals surface area contributed by atoms with Crippen molar-refractivity contribution in [3.8, 4) is 16.9 Å². The van der Waals surface area contributed by atoms with Crippen molar-refractivity contribution >= 4 is 26.6 Å². The van der Waals surface area contributed by atoms with Crippen LogP contribution in [0.25, 0.3) is 22.0 Å². The third-order valence-corrected chi connectivity index (χ3v) is 7.68. The quantitative estimate of drug-likeness (QED) is 0.330. The number of nitrogens with zero attached hydrogens (tertiary/aromatic N) is 1. The van der Waals surface area contributed by atoms with Gasteiger partial charge in [0.2, 0.25) is 0 Å². The van der Waals surface area contributed by atoms with Crippen molar-refractivity contribution in [1.82, 2.24) is 15.5 Å². The Morgan fingerprint density at radius 1 is 1.14 bits per heavy atom. The van der Waals surface area contributed by atoms with Gasteiger partial charge in [0.25, 0.3) is 10.0 Å². The van der Waals surface area contributed by atoms with Gasteiger partial charge >= 0.3 is 0 Å². The van der Waals surface area contributed by atoms with Gasteiger partial charge in [0.15, 0.2) is 0 Å². The average Bonchev–Trinajstić information content (AvgIpc) is 3.37. The fourth-order valence-electron chi connectivity index (χ4n) is 4.38. The topological polar surface area (TPSA) is 105 Å². The van der Waals surface area contributed by atoms with E-state index in [2.05, 4.69) is 26.3 Å². The summed E-state index contributed by atoms with van der Waals surface area (Å²) in [6.07, 6.45) is 3.77. The van der Waals surface area contributed by atoms with Gasteiger partial charge in [0, 0.05) is 30.2 Å². The maximum Gasteiger partial charge on any atom is 0.264 e. The predicted octanol–water partition coefficient (Wildman–Crippen LogP) is 4.10. The van der Waals surface area contributed by atoms with Gasteiger partial charge in [-0.1, -0.05) is 18.2 Å². The lowest BCUT2D eigenvalue weighted by Crippen LogP contribution is -2.38. The van der Waals surface area contributed by atoms with Crippen LogP contribution in [0.5, 0.6) is 5.75 Å². The summed E-state index contributed by atoms with van der Waals surface area (Å²) in [4.78, 5) is -0.475. The summed E-state index contributed by atoms with van der Waals surface area (Å²) in [5, 5.41) is 11.7. The maximum atomic E-state index is 14.2. The second-order valence-corrected chi connectivity index (χ2v) is 10.3. The van der Waals surface area contributed by atoms with E-state index in [1.54, 1.807) is 12.1 Å². The largest absolute Gasteiger partial charge is 0.497 e. The van der Waals surface area contributed by atoms with Crippen LogP contribution in [-0.4, -0.2) is 51.5 Å². The van der Waals surface area contributed by atoms with Crippen molar-refractivity contribution in [3.05, 3.63) is 72.2 Å². The molecule has 0 amide bonds. The summed E-state index contributed by atoms with van der Waals surface area (Å²) in [5.41, 5.74) is 4.33. The zero-order chi connectivity index (χ0) is 25.1. The molecule has 188 valence electrons. The molecule has 1 fully saturated rings. The Balaban J connectivity index is 1.37. The molecule has 3 N–H and O–H groups in total. The van der Waals surface area contributed by atoms with E-state index < -0.39 is 20.7 Å². The zero-order valence-corrected chi connectivity index (χ0v) is 20.6. The number of ether oxygens (including phenoxy) is 2. The number of hydrogen-bond acceptors (Lipinski definition) is 6. The first-order valence-electron chi connectivity index (χ1n) is 11.7. The lowest BCUT2D eigenvalue weighted by Gasteiger charge is -2.23. The number of halogens is 1. The van der Waals surface area contributed by atoms with Crippen LogP contribution in [-0.2, 0) is 21.2 Å². The molecule has 5 rings (SSSR count). The molecule has 10 heteroatoms. The number of fused-ring (bicyclic) bond motifs is 1. The van der Waals surface area contributed by atoms with E-state index >= 15 is 0 Å². The molecule has 0 saturated carbocycles. The third kappa shape index (κ3) is 5.20. The van der Waals surface area contributed by atoms with E-state index in [4.69, 9.17) is 9.47 Å². The van der Waals surface area contributed by atoms with Gasteiger partial charge in [-0.3, -0.25) is 9.82 Å². The number of hydrogen-bond donors (Lipinski definition) is 3. The van der Waals surface area contributed by atoms with Gasteiger partial charge in [-0.15, -0.1) is 0 Å². The Hall–Kier alpha value is -3.47. The second kappa shape index (κ2) is 10.3. The summed E-state index contributed by atoms with van der Waals surface area (Å²) in [7, 11) is -2.74. The van der Waals surface area contributed by atoms with Crippen molar-refractivity contribution < 1.29 is 22.3 Å². The predicted molar refractivity (Wildman–Crippen MR) is 136 cm³/mol. The lowest BCUT2D eigenvalue weighted by atomic mass is 9.96. The van der Waals surface area contributed by atoms with Crippen LogP contribution in [0.2, 0.25) is 0 Å². The van der Waals surface area contributed by atoms with Gasteiger partial charge in [-0.2, -0.15) is 5.10 Å². The molecule has 1 atom stereocenters. The second-order valence-electron chi connectivity index (χ2n) is 8.68. The highest BCUT2D eigenvalue weighted by Crippen LogP contribution is 2.30. The zero-order valence-electron chi connectivity index (χ0n) is 19.8. The number of aryl methyl sites for hydroxylation is 1. The highest BCUT2D eigenvalue weighted by atomic mass is 32.2. The molecule has 1 aliphatic rings. The average molecular weight is 511 g/mol. The molecule has 4 aromatic rings. The van der Waals surface area contributed by atoms with Crippen molar-refractivity contribution in [3.63, 3.8) is 0 Å². The first-order chi connectivity index (χ1) is 17.4. The summed E-state index contributed by atoms with van der Waals surface area (Å²) in [6, 6.07) is 14.7. The number of morpholine rings is 1. The molecule has 36 heavy (non-hydrogen) atoms. The summed E-state index contributed by atoms with van der Waals surface area (Å²) >= 11 is 0. The maximum absolute atomic E-state index is 14.2. The van der Waals surface area contributed by atoms with E-state index in [-0.39, 0.29) is 11.9 Å². The number of rotatable bonds is 8. The first kappa shape index (κ1) is 24.2. The van der Waals surface area contributed by atoms with E-state index in [1.807, 2.05) is 24.4 Å². The van der Waals surface area contributed by atoms with Crippen LogP contribution >= 0.6 is 0 Å². The van der Waals surface area contributed by atoms with E-state index in [0.29, 0.717) is 5.69 Å². The van der Waals surface area contributed by atoms with Gasteiger partial charge < -0.3 is 14.8 Å². The van der Waals surface area contributed by atoms with E-state index in [0.717, 1.165) is 66.7 Å². The molecule has 1 aromatic heterocycles. The molecule has 2 heterocycles. The Labute approximate surface area is 208 Å². The van der Waals surface area contributed by atoms with Crippen LogP contribution in [0.1, 0.15) is 12.0 Å². The minimum absolute atomic E-state index is 0.186. The van der Waals surface area contributed by atoms with Gasteiger partial charge in [-0.05, 0) is 59.9 Å². The Morgan fingerprint density at radius 2 is 1.97 bits per heavy atom.